The molecule has 68 valence electrons. The molecule has 7 heteroatoms. The maximum absolute atomic E-state index is 5.63. The largest absolute Gasteiger partial charge is 0.382 e. The standard InChI is InChI=1S/C6H9N7/c1-13(8)6-11-4(7)3-5(12-6)10-2-9-3/h2H,8H2,1H3,(H3,7,9,10,11,12). The van der Waals surface area contributed by atoms with E-state index in [-0.39, 0.29) is 0 Å². The fourth-order valence-corrected chi connectivity index (χ4v) is 1.00. The Labute approximate surface area is 73.8 Å². The monoisotopic (exact) mass is 179 g/mol. The van der Waals surface area contributed by atoms with Gasteiger partial charge in [-0.3, -0.25) is 5.01 Å². The van der Waals surface area contributed by atoms with Gasteiger partial charge >= 0.3 is 0 Å². The molecule has 0 saturated heterocycles. The number of aromatic amines is 1. The lowest BCUT2D eigenvalue weighted by Gasteiger charge is -2.09. The summed E-state index contributed by atoms with van der Waals surface area (Å²) >= 11 is 0. The zero-order valence-electron chi connectivity index (χ0n) is 7.02. The molecule has 0 atom stereocenters. The van der Waals surface area contributed by atoms with Crippen molar-refractivity contribution in [2.45, 2.75) is 0 Å². The van der Waals surface area contributed by atoms with Crippen molar-refractivity contribution < 1.29 is 0 Å². The molecule has 0 spiro atoms. The second-order valence-electron chi connectivity index (χ2n) is 2.62. The topological polar surface area (TPSA) is 110 Å². The third-order valence-corrected chi connectivity index (χ3v) is 1.62. The second-order valence-corrected chi connectivity index (χ2v) is 2.62. The van der Waals surface area contributed by atoms with Crippen molar-refractivity contribution in [2.75, 3.05) is 17.8 Å². The molecule has 2 aromatic rings. The van der Waals surface area contributed by atoms with E-state index in [0.29, 0.717) is 22.9 Å². The van der Waals surface area contributed by atoms with E-state index in [1.54, 1.807) is 7.05 Å². The minimum atomic E-state index is 0.342. The van der Waals surface area contributed by atoms with Gasteiger partial charge in [-0.2, -0.15) is 9.97 Å². The van der Waals surface area contributed by atoms with Crippen molar-refractivity contribution in [3.63, 3.8) is 0 Å². The number of nitrogen functional groups attached to an aromatic ring is 1. The Morgan fingerprint density at radius 2 is 2.23 bits per heavy atom. The molecule has 0 saturated carbocycles. The maximum atomic E-state index is 5.63. The van der Waals surface area contributed by atoms with Crippen molar-refractivity contribution in [3.8, 4) is 0 Å². The summed E-state index contributed by atoms with van der Waals surface area (Å²) in [6.07, 6.45) is 1.51. The van der Waals surface area contributed by atoms with Crippen molar-refractivity contribution >= 4 is 22.9 Å². The third kappa shape index (κ3) is 1.14. The summed E-state index contributed by atoms with van der Waals surface area (Å²) in [5, 5.41) is 1.28. The summed E-state index contributed by atoms with van der Waals surface area (Å²) in [5.74, 6) is 6.14. The van der Waals surface area contributed by atoms with Crippen molar-refractivity contribution in [2.24, 2.45) is 5.84 Å². The molecule has 0 radical (unpaired) electrons. The predicted octanol–water partition coefficient (Wildman–Crippen LogP) is -0.755. The number of hydrogen-bond donors (Lipinski definition) is 3. The lowest BCUT2D eigenvalue weighted by molar-refractivity contribution is 0.940. The Kier molecular flexibility index (Phi) is 1.52. The van der Waals surface area contributed by atoms with E-state index in [0.717, 1.165) is 0 Å². The van der Waals surface area contributed by atoms with Crippen LogP contribution in [0.5, 0.6) is 0 Å². The molecule has 2 rings (SSSR count). The molecule has 0 aliphatic heterocycles. The van der Waals surface area contributed by atoms with Gasteiger partial charge in [-0.15, -0.1) is 0 Å². The highest BCUT2D eigenvalue weighted by molar-refractivity contribution is 5.82. The van der Waals surface area contributed by atoms with E-state index in [4.69, 9.17) is 11.6 Å². The number of nitrogens with zero attached hydrogens (tertiary/aromatic N) is 4. The van der Waals surface area contributed by atoms with Crippen LogP contribution in [-0.2, 0) is 0 Å². The number of imidazole rings is 1. The number of hydrazine groups is 1. The molecule has 0 aliphatic carbocycles. The van der Waals surface area contributed by atoms with Gasteiger partial charge in [0, 0.05) is 7.05 Å². The summed E-state index contributed by atoms with van der Waals surface area (Å²) in [6, 6.07) is 0. The highest BCUT2D eigenvalue weighted by Crippen LogP contribution is 2.15. The zero-order valence-corrected chi connectivity index (χ0v) is 7.02. The maximum Gasteiger partial charge on any atom is 0.243 e. The summed E-state index contributed by atoms with van der Waals surface area (Å²) in [4.78, 5) is 14.8. The average molecular weight is 179 g/mol. The molecule has 0 aromatic carbocycles. The van der Waals surface area contributed by atoms with Crippen LogP contribution in [0.3, 0.4) is 0 Å². The van der Waals surface area contributed by atoms with E-state index in [1.165, 1.54) is 11.3 Å². The molecular formula is C6H9N7. The van der Waals surface area contributed by atoms with Gasteiger partial charge in [0.25, 0.3) is 0 Å². The summed E-state index contributed by atoms with van der Waals surface area (Å²) in [6.45, 7) is 0. The van der Waals surface area contributed by atoms with Crippen LogP contribution in [0.4, 0.5) is 11.8 Å². The molecule has 0 amide bonds. The van der Waals surface area contributed by atoms with Gasteiger partial charge in [0.15, 0.2) is 11.5 Å². The smallest absolute Gasteiger partial charge is 0.243 e. The first-order chi connectivity index (χ1) is 6.18. The molecule has 0 fully saturated rings. The molecule has 0 aliphatic rings. The van der Waals surface area contributed by atoms with E-state index >= 15 is 0 Å². The van der Waals surface area contributed by atoms with Crippen LogP contribution in [0.15, 0.2) is 6.33 Å². The van der Waals surface area contributed by atoms with Crippen molar-refractivity contribution in [1.29, 1.82) is 0 Å². The molecule has 13 heavy (non-hydrogen) atoms. The van der Waals surface area contributed by atoms with Crippen LogP contribution in [0.1, 0.15) is 0 Å². The summed E-state index contributed by atoms with van der Waals surface area (Å²) < 4.78 is 0. The highest BCUT2D eigenvalue weighted by atomic mass is 15.4. The minimum Gasteiger partial charge on any atom is -0.382 e. The average Bonchev–Trinajstić information content (AvgIpc) is 2.51. The fraction of sp³-hybridized carbons (Fsp3) is 0.167. The second kappa shape index (κ2) is 2.56. The van der Waals surface area contributed by atoms with Crippen LogP contribution in [0.25, 0.3) is 11.2 Å². The van der Waals surface area contributed by atoms with E-state index in [9.17, 15) is 0 Å². The number of nitrogens with one attached hydrogen (secondary N) is 1. The van der Waals surface area contributed by atoms with Gasteiger partial charge in [0.05, 0.1) is 6.33 Å². The number of H-pyrrole nitrogens is 1. The van der Waals surface area contributed by atoms with Crippen LogP contribution in [0, 0.1) is 0 Å². The summed E-state index contributed by atoms with van der Waals surface area (Å²) in [5.41, 5.74) is 6.78. The number of fused-ring (bicyclic) bond motifs is 1. The van der Waals surface area contributed by atoms with Gasteiger partial charge in [-0.05, 0) is 0 Å². The molecule has 5 N–H and O–H groups in total. The fourth-order valence-electron chi connectivity index (χ4n) is 1.00. The Balaban J connectivity index is 2.70. The number of hydrogen-bond acceptors (Lipinski definition) is 6. The highest BCUT2D eigenvalue weighted by Gasteiger charge is 2.07. The van der Waals surface area contributed by atoms with Gasteiger partial charge in [0.2, 0.25) is 5.95 Å². The van der Waals surface area contributed by atoms with Gasteiger partial charge in [-0.1, -0.05) is 0 Å². The van der Waals surface area contributed by atoms with Crippen molar-refractivity contribution in [3.05, 3.63) is 6.33 Å². The molecule has 0 unspecified atom stereocenters. The zero-order chi connectivity index (χ0) is 9.42. The summed E-state index contributed by atoms with van der Waals surface area (Å²) in [7, 11) is 1.63. The Morgan fingerprint density at radius 3 is 2.92 bits per heavy atom. The molecular weight excluding hydrogens is 170 g/mol. The third-order valence-electron chi connectivity index (χ3n) is 1.62. The van der Waals surface area contributed by atoms with Gasteiger partial charge in [-0.25, -0.2) is 10.8 Å². The SMILES string of the molecule is CN(N)c1nc(N)c2[nH]cnc2n1. The predicted molar refractivity (Wildman–Crippen MR) is 48.7 cm³/mol. The van der Waals surface area contributed by atoms with E-state index in [2.05, 4.69) is 19.9 Å². The van der Waals surface area contributed by atoms with Crippen LogP contribution >= 0.6 is 0 Å². The van der Waals surface area contributed by atoms with Crippen LogP contribution < -0.4 is 16.6 Å². The first-order valence-corrected chi connectivity index (χ1v) is 3.63. The number of anilines is 2. The normalized spacial score (nSPS) is 10.6. The number of nitrogens with two attached hydrogens (primary N) is 2. The number of aromatic nitrogens is 4. The van der Waals surface area contributed by atoms with Crippen molar-refractivity contribution in [1.82, 2.24) is 19.9 Å². The lowest BCUT2D eigenvalue weighted by atomic mass is 10.5. The van der Waals surface area contributed by atoms with E-state index < -0.39 is 0 Å². The Hall–Kier alpha value is -1.89. The molecule has 2 aromatic heterocycles. The van der Waals surface area contributed by atoms with Crippen LogP contribution in [-0.4, -0.2) is 27.0 Å². The van der Waals surface area contributed by atoms with Gasteiger partial charge < -0.3 is 10.7 Å². The first-order valence-electron chi connectivity index (χ1n) is 3.63. The first kappa shape index (κ1) is 7.74. The lowest BCUT2D eigenvalue weighted by Crippen LogP contribution is -2.27. The van der Waals surface area contributed by atoms with Crippen LogP contribution in [0.2, 0.25) is 0 Å². The number of rotatable bonds is 1. The minimum absolute atomic E-state index is 0.342. The van der Waals surface area contributed by atoms with Gasteiger partial charge in [0.1, 0.15) is 5.52 Å². The molecule has 7 nitrogen and oxygen atoms in total. The quantitative estimate of drug-likeness (QED) is 0.392. The Morgan fingerprint density at radius 1 is 1.46 bits per heavy atom. The van der Waals surface area contributed by atoms with E-state index in [1.807, 2.05) is 0 Å². The molecule has 0 bridgehead atoms. The molecule has 2 heterocycles. The Bertz CT molecular complexity index is 431.